The monoisotopic (exact) mass is 296 g/mol. The number of nitrogens with one attached hydrogen (secondary N) is 1. The predicted molar refractivity (Wildman–Crippen MR) is 83.8 cm³/mol. The van der Waals surface area contributed by atoms with E-state index in [0.717, 1.165) is 5.69 Å². The molecule has 0 aliphatic carbocycles. The summed E-state index contributed by atoms with van der Waals surface area (Å²) in [6.45, 7) is 0. The second kappa shape index (κ2) is 5.85. The molecule has 0 saturated carbocycles. The van der Waals surface area contributed by atoms with Gasteiger partial charge in [-0.15, -0.1) is 0 Å². The molecule has 6 heteroatoms. The summed E-state index contributed by atoms with van der Waals surface area (Å²) < 4.78 is 1.96. The average Bonchev–Trinajstić information content (AvgIpc) is 3.04. The van der Waals surface area contributed by atoms with E-state index in [-0.39, 0.29) is 11.8 Å². The Balaban J connectivity index is 1.76. The van der Waals surface area contributed by atoms with Crippen molar-refractivity contribution in [2.75, 3.05) is 12.4 Å². The molecule has 0 fully saturated rings. The highest BCUT2D eigenvalue weighted by atomic mass is 16.2. The molecule has 22 heavy (non-hydrogen) atoms. The molecule has 6 nitrogen and oxygen atoms in total. The summed E-state index contributed by atoms with van der Waals surface area (Å²) in [5.41, 5.74) is 2.02. The van der Waals surface area contributed by atoms with Crippen LogP contribution in [-0.2, 0) is 9.59 Å². The molecular weight excluding hydrogens is 280 g/mol. The van der Waals surface area contributed by atoms with E-state index in [1.807, 2.05) is 53.4 Å². The predicted octanol–water partition coefficient (Wildman–Crippen LogP) is 2.02. The highest BCUT2D eigenvalue weighted by molar-refractivity contribution is 6.43. The van der Waals surface area contributed by atoms with Gasteiger partial charge in [-0.3, -0.25) is 9.59 Å². The SMILES string of the molecule is CN1N=C(C(=O)Nc2cccc(-n3cccc3)c2)CCC1=O. The molecule has 0 bridgehead atoms. The second-order valence-corrected chi connectivity index (χ2v) is 5.06. The van der Waals surface area contributed by atoms with Gasteiger partial charge in [-0.05, 0) is 30.3 Å². The Morgan fingerprint density at radius 3 is 2.68 bits per heavy atom. The van der Waals surface area contributed by atoms with E-state index < -0.39 is 0 Å². The number of carbonyl (C=O) groups is 2. The summed E-state index contributed by atoms with van der Waals surface area (Å²) in [7, 11) is 1.56. The van der Waals surface area contributed by atoms with E-state index in [1.54, 1.807) is 7.05 Å². The standard InChI is InChI=1S/C16H16N4O2/c1-19-15(21)8-7-14(18-19)16(22)17-12-5-4-6-13(11-12)20-9-2-3-10-20/h2-6,9-11H,7-8H2,1H3,(H,17,22). The van der Waals surface area contributed by atoms with Crippen LogP contribution >= 0.6 is 0 Å². The van der Waals surface area contributed by atoms with E-state index >= 15 is 0 Å². The highest BCUT2D eigenvalue weighted by Gasteiger charge is 2.21. The van der Waals surface area contributed by atoms with E-state index in [1.165, 1.54) is 5.01 Å². The Morgan fingerprint density at radius 2 is 1.95 bits per heavy atom. The third kappa shape index (κ3) is 2.90. The van der Waals surface area contributed by atoms with E-state index in [0.29, 0.717) is 24.2 Å². The van der Waals surface area contributed by atoms with Crippen molar-refractivity contribution in [3.8, 4) is 5.69 Å². The number of anilines is 1. The minimum absolute atomic E-state index is 0.0776. The summed E-state index contributed by atoms with van der Waals surface area (Å²) in [5.74, 6) is -0.352. The van der Waals surface area contributed by atoms with Gasteiger partial charge in [0.15, 0.2) is 0 Å². The van der Waals surface area contributed by atoms with E-state index in [2.05, 4.69) is 10.4 Å². The van der Waals surface area contributed by atoms with Crippen LogP contribution in [0.4, 0.5) is 5.69 Å². The van der Waals surface area contributed by atoms with Crippen molar-refractivity contribution in [3.05, 3.63) is 48.8 Å². The quantitative estimate of drug-likeness (QED) is 0.941. The lowest BCUT2D eigenvalue weighted by molar-refractivity contribution is -0.130. The van der Waals surface area contributed by atoms with E-state index in [4.69, 9.17) is 0 Å². The van der Waals surface area contributed by atoms with Gasteiger partial charge in [0.25, 0.3) is 5.91 Å². The lowest BCUT2D eigenvalue weighted by Crippen LogP contribution is -2.34. The van der Waals surface area contributed by atoms with Crippen molar-refractivity contribution in [1.82, 2.24) is 9.58 Å². The fourth-order valence-electron chi connectivity index (χ4n) is 2.29. The summed E-state index contributed by atoms with van der Waals surface area (Å²) in [6, 6.07) is 11.4. The third-order valence-corrected chi connectivity index (χ3v) is 3.48. The number of aromatic nitrogens is 1. The van der Waals surface area contributed by atoms with Gasteiger partial charge in [0, 0.05) is 43.7 Å². The molecule has 2 heterocycles. The first kappa shape index (κ1) is 14.1. The molecule has 3 rings (SSSR count). The third-order valence-electron chi connectivity index (χ3n) is 3.48. The van der Waals surface area contributed by atoms with Crippen LogP contribution in [0.25, 0.3) is 5.69 Å². The van der Waals surface area contributed by atoms with Gasteiger partial charge >= 0.3 is 0 Å². The van der Waals surface area contributed by atoms with Crippen molar-refractivity contribution in [1.29, 1.82) is 0 Å². The van der Waals surface area contributed by atoms with E-state index in [9.17, 15) is 9.59 Å². The Bertz CT molecular complexity index is 734. The maximum Gasteiger partial charge on any atom is 0.271 e. The molecule has 0 saturated heterocycles. The number of hydrogen-bond acceptors (Lipinski definition) is 3. The van der Waals surface area contributed by atoms with Crippen LogP contribution in [0.5, 0.6) is 0 Å². The molecule has 1 aliphatic heterocycles. The van der Waals surface area contributed by atoms with Crippen molar-refractivity contribution in [2.45, 2.75) is 12.8 Å². The number of nitrogens with zero attached hydrogens (tertiary/aromatic N) is 3. The number of hydrazone groups is 1. The summed E-state index contributed by atoms with van der Waals surface area (Å²) >= 11 is 0. The number of hydrogen-bond donors (Lipinski definition) is 1. The van der Waals surface area contributed by atoms with Crippen LogP contribution < -0.4 is 5.32 Å². The van der Waals surface area contributed by atoms with Crippen molar-refractivity contribution in [2.24, 2.45) is 5.10 Å². The first-order valence-electron chi connectivity index (χ1n) is 7.02. The number of rotatable bonds is 3. The zero-order chi connectivity index (χ0) is 15.5. The van der Waals surface area contributed by atoms with Gasteiger partial charge in [0.1, 0.15) is 5.71 Å². The normalized spacial score (nSPS) is 14.7. The number of carbonyl (C=O) groups excluding carboxylic acids is 2. The van der Waals surface area contributed by atoms with Gasteiger partial charge in [-0.2, -0.15) is 5.10 Å². The fourth-order valence-corrected chi connectivity index (χ4v) is 2.29. The molecule has 112 valence electrons. The molecule has 1 aromatic carbocycles. The van der Waals surface area contributed by atoms with Gasteiger partial charge < -0.3 is 9.88 Å². The summed E-state index contributed by atoms with van der Waals surface area (Å²) in [5, 5.41) is 8.06. The Hall–Kier alpha value is -2.89. The summed E-state index contributed by atoms with van der Waals surface area (Å²) in [4.78, 5) is 23.6. The van der Waals surface area contributed by atoms with Crippen LogP contribution in [0, 0.1) is 0 Å². The van der Waals surface area contributed by atoms with Crippen molar-refractivity contribution < 1.29 is 9.59 Å². The molecular formula is C16H16N4O2. The molecule has 1 aromatic heterocycles. The minimum Gasteiger partial charge on any atom is -0.324 e. The molecule has 1 N–H and O–H groups in total. The smallest absolute Gasteiger partial charge is 0.271 e. The van der Waals surface area contributed by atoms with Crippen LogP contribution in [0.15, 0.2) is 53.9 Å². The van der Waals surface area contributed by atoms with Crippen molar-refractivity contribution >= 4 is 23.2 Å². The Kier molecular flexibility index (Phi) is 3.74. The zero-order valence-electron chi connectivity index (χ0n) is 12.2. The maximum absolute atomic E-state index is 12.2. The van der Waals surface area contributed by atoms with Gasteiger partial charge in [-0.1, -0.05) is 6.07 Å². The lowest BCUT2D eigenvalue weighted by Gasteiger charge is -2.19. The molecule has 1 aliphatic rings. The topological polar surface area (TPSA) is 66.7 Å². The number of amides is 2. The minimum atomic E-state index is -0.274. The van der Waals surface area contributed by atoms with Gasteiger partial charge in [0.05, 0.1) is 0 Å². The molecule has 2 aromatic rings. The Morgan fingerprint density at radius 1 is 1.18 bits per heavy atom. The highest BCUT2D eigenvalue weighted by Crippen LogP contribution is 2.16. The van der Waals surface area contributed by atoms with Crippen LogP contribution in [0.1, 0.15) is 12.8 Å². The molecule has 0 atom stereocenters. The second-order valence-electron chi connectivity index (χ2n) is 5.06. The largest absolute Gasteiger partial charge is 0.324 e. The maximum atomic E-state index is 12.2. The fraction of sp³-hybridized carbons (Fsp3) is 0.188. The first-order chi connectivity index (χ1) is 10.6. The van der Waals surface area contributed by atoms with Crippen LogP contribution in [0.3, 0.4) is 0 Å². The molecule has 0 radical (unpaired) electrons. The summed E-state index contributed by atoms with van der Waals surface area (Å²) in [6.07, 6.45) is 4.55. The van der Waals surface area contributed by atoms with Gasteiger partial charge in [0.2, 0.25) is 5.91 Å². The zero-order valence-corrected chi connectivity index (χ0v) is 12.2. The van der Waals surface area contributed by atoms with Gasteiger partial charge in [-0.25, -0.2) is 5.01 Å². The molecule has 0 unspecified atom stereocenters. The first-order valence-corrected chi connectivity index (χ1v) is 7.02. The molecule has 0 spiro atoms. The van der Waals surface area contributed by atoms with Crippen LogP contribution in [-0.4, -0.2) is 34.1 Å². The average molecular weight is 296 g/mol. The lowest BCUT2D eigenvalue weighted by atomic mass is 10.1. The molecule has 2 amide bonds. The van der Waals surface area contributed by atoms with Crippen LogP contribution in [0.2, 0.25) is 0 Å². The van der Waals surface area contributed by atoms with Crippen molar-refractivity contribution in [3.63, 3.8) is 0 Å². The Labute approximate surface area is 128 Å². The number of benzene rings is 1.